The number of pyridine rings is 1. The number of amides is 1. The van der Waals surface area contributed by atoms with Crippen LogP contribution in [-0.4, -0.2) is 20.9 Å². The van der Waals surface area contributed by atoms with E-state index in [0.717, 1.165) is 11.1 Å². The number of aliphatic hydroxyl groups excluding tert-OH is 1. The van der Waals surface area contributed by atoms with E-state index in [4.69, 9.17) is 0 Å². The number of benzene rings is 2. The van der Waals surface area contributed by atoms with E-state index in [1.165, 1.54) is 12.1 Å². The Morgan fingerprint density at radius 1 is 0.963 bits per heavy atom. The van der Waals surface area contributed by atoms with Crippen LogP contribution in [0.4, 0.5) is 4.39 Å². The third-order valence-corrected chi connectivity index (χ3v) is 4.63. The van der Waals surface area contributed by atoms with Crippen molar-refractivity contribution in [1.82, 2.24) is 9.88 Å². The number of nitrogens with zero attached hydrogens (tertiary/aromatic N) is 2. The highest BCUT2D eigenvalue weighted by atomic mass is 19.1. The summed E-state index contributed by atoms with van der Waals surface area (Å²) in [7, 11) is 0. The second kappa shape index (κ2) is 7.03. The fourth-order valence-corrected chi connectivity index (χ4v) is 3.39. The van der Waals surface area contributed by atoms with Gasteiger partial charge in [-0.2, -0.15) is 0 Å². The zero-order chi connectivity index (χ0) is 18.8. The third kappa shape index (κ3) is 3.19. The molecule has 0 aliphatic carbocycles. The van der Waals surface area contributed by atoms with Gasteiger partial charge in [0, 0.05) is 11.8 Å². The van der Waals surface area contributed by atoms with Crippen molar-refractivity contribution in [1.29, 1.82) is 0 Å². The predicted octanol–water partition coefficient (Wildman–Crippen LogP) is 4.27. The van der Waals surface area contributed by atoms with Gasteiger partial charge in [0.05, 0.1) is 18.3 Å². The van der Waals surface area contributed by atoms with E-state index in [1.807, 2.05) is 42.5 Å². The van der Waals surface area contributed by atoms with Crippen molar-refractivity contribution in [2.24, 2.45) is 0 Å². The van der Waals surface area contributed by atoms with Gasteiger partial charge in [-0.3, -0.25) is 9.78 Å². The van der Waals surface area contributed by atoms with Gasteiger partial charge in [0.25, 0.3) is 5.91 Å². The molecule has 0 spiro atoms. The molecule has 4 rings (SSSR count). The molecular weight excluding hydrogens is 343 g/mol. The van der Waals surface area contributed by atoms with Crippen LogP contribution in [0.3, 0.4) is 0 Å². The molecule has 0 unspecified atom stereocenters. The quantitative estimate of drug-likeness (QED) is 0.756. The number of carbonyl (C=O) groups excluding carboxylic acids is 1. The van der Waals surface area contributed by atoms with E-state index in [2.05, 4.69) is 4.98 Å². The zero-order valence-corrected chi connectivity index (χ0v) is 14.4. The summed E-state index contributed by atoms with van der Waals surface area (Å²) in [6.45, 7) is 0.238. The lowest BCUT2D eigenvalue weighted by molar-refractivity contribution is -0.130. The molecule has 1 amide bonds. The number of aliphatic hydroxyl groups is 1. The molecule has 134 valence electrons. The Morgan fingerprint density at radius 2 is 1.67 bits per heavy atom. The van der Waals surface area contributed by atoms with E-state index >= 15 is 0 Å². The molecule has 2 heterocycles. The van der Waals surface area contributed by atoms with Crippen molar-refractivity contribution in [3.63, 3.8) is 0 Å². The maximum atomic E-state index is 13.4. The molecule has 1 atom stereocenters. The summed E-state index contributed by atoms with van der Waals surface area (Å²) in [5, 5.41) is 10.6. The van der Waals surface area contributed by atoms with Crippen LogP contribution in [-0.2, 0) is 11.3 Å². The van der Waals surface area contributed by atoms with E-state index < -0.39 is 11.9 Å². The molecule has 0 saturated carbocycles. The second-order valence-corrected chi connectivity index (χ2v) is 6.34. The van der Waals surface area contributed by atoms with Crippen LogP contribution in [0.15, 0.2) is 84.8 Å². The molecule has 27 heavy (non-hydrogen) atoms. The summed E-state index contributed by atoms with van der Waals surface area (Å²) in [6, 6.07) is 20.2. The van der Waals surface area contributed by atoms with E-state index in [-0.39, 0.29) is 18.1 Å². The summed E-state index contributed by atoms with van der Waals surface area (Å²) in [4.78, 5) is 18.7. The number of hydrogen-bond acceptors (Lipinski definition) is 3. The van der Waals surface area contributed by atoms with Crippen LogP contribution in [0.5, 0.6) is 0 Å². The zero-order valence-electron chi connectivity index (χ0n) is 14.4. The molecule has 4 nitrogen and oxygen atoms in total. The van der Waals surface area contributed by atoms with Gasteiger partial charge in [0.15, 0.2) is 5.76 Å². The van der Waals surface area contributed by atoms with Crippen LogP contribution in [0, 0.1) is 5.82 Å². The molecule has 1 N–H and O–H groups in total. The molecule has 1 aromatic heterocycles. The molecular formula is C22H17FN2O2. The third-order valence-electron chi connectivity index (χ3n) is 4.63. The van der Waals surface area contributed by atoms with Gasteiger partial charge >= 0.3 is 0 Å². The van der Waals surface area contributed by atoms with E-state index in [9.17, 15) is 14.3 Å². The van der Waals surface area contributed by atoms with Crippen LogP contribution in [0.2, 0.25) is 0 Å². The predicted molar refractivity (Wildman–Crippen MR) is 99.9 cm³/mol. The van der Waals surface area contributed by atoms with Gasteiger partial charge in [-0.05, 0) is 35.4 Å². The van der Waals surface area contributed by atoms with Crippen LogP contribution in [0.25, 0.3) is 5.57 Å². The first-order chi connectivity index (χ1) is 13.1. The minimum atomic E-state index is -0.525. The average Bonchev–Trinajstić information content (AvgIpc) is 2.95. The Hall–Kier alpha value is -3.47. The minimum absolute atomic E-state index is 0.238. The maximum Gasteiger partial charge on any atom is 0.290 e. The van der Waals surface area contributed by atoms with Crippen molar-refractivity contribution in [2.45, 2.75) is 12.6 Å². The number of halogens is 1. The van der Waals surface area contributed by atoms with Crippen molar-refractivity contribution in [2.75, 3.05) is 0 Å². The van der Waals surface area contributed by atoms with Crippen molar-refractivity contribution in [3.8, 4) is 0 Å². The Labute approximate surface area is 156 Å². The first-order valence-corrected chi connectivity index (χ1v) is 8.60. The highest BCUT2D eigenvalue weighted by Crippen LogP contribution is 2.43. The number of rotatable bonds is 4. The Balaban J connectivity index is 1.81. The van der Waals surface area contributed by atoms with E-state index in [0.29, 0.717) is 11.3 Å². The maximum absolute atomic E-state index is 13.4. The minimum Gasteiger partial charge on any atom is -0.503 e. The highest BCUT2D eigenvalue weighted by molar-refractivity contribution is 6.05. The van der Waals surface area contributed by atoms with Crippen LogP contribution < -0.4 is 0 Å². The lowest BCUT2D eigenvalue weighted by Crippen LogP contribution is -2.30. The average molecular weight is 360 g/mol. The molecule has 1 aliphatic rings. The molecule has 2 aromatic carbocycles. The Bertz CT molecular complexity index is 986. The van der Waals surface area contributed by atoms with Crippen LogP contribution >= 0.6 is 0 Å². The molecule has 0 radical (unpaired) electrons. The fourth-order valence-electron chi connectivity index (χ4n) is 3.39. The van der Waals surface area contributed by atoms with Gasteiger partial charge in [-0.15, -0.1) is 0 Å². The molecule has 0 bridgehead atoms. The fraction of sp³-hybridized carbons (Fsp3) is 0.0909. The standard InChI is InChI=1S/C22H17FN2O2/c23-17-11-9-16(10-12-17)20-19(15-6-2-1-3-7-15)21(26)22(27)25(20)14-18-8-4-5-13-24-18/h1-13,20,26H,14H2/t20-/m1/s1. The van der Waals surface area contributed by atoms with Gasteiger partial charge in [0.2, 0.25) is 0 Å². The molecule has 3 aromatic rings. The van der Waals surface area contributed by atoms with Crippen molar-refractivity contribution < 1.29 is 14.3 Å². The first kappa shape index (κ1) is 17.0. The highest BCUT2D eigenvalue weighted by Gasteiger charge is 2.41. The number of aromatic nitrogens is 1. The van der Waals surface area contributed by atoms with Gasteiger partial charge in [-0.25, -0.2) is 4.39 Å². The van der Waals surface area contributed by atoms with Gasteiger partial charge in [-0.1, -0.05) is 48.5 Å². The SMILES string of the molecule is O=C1C(O)=C(c2ccccc2)[C@@H](c2ccc(F)cc2)N1Cc1ccccn1. The summed E-state index contributed by atoms with van der Waals surface area (Å²) in [5.74, 6) is -1.10. The topological polar surface area (TPSA) is 53.4 Å². The van der Waals surface area contributed by atoms with E-state index in [1.54, 1.807) is 29.3 Å². The second-order valence-electron chi connectivity index (χ2n) is 6.34. The number of hydrogen-bond donors (Lipinski definition) is 1. The van der Waals surface area contributed by atoms with Gasteiger partial charge in [0.1, 0.15) is 5.82 Å². The van der Waals surface area contributed by atoms with Gasteiger partial charge < -0.3 is 10.0 Å². The molecule has 5 heteroatoms. The normalized spacial score (nSPS) is 16.9. The van der Waals surface area contributed by atoms with Crippen molar-refractivity contribution >= 4 is 11.5 Å². The summed E-state index contributed by atoms with van der Waals surface area (Å²) in [5.41, 5.74) is 2.70. The van der Waals surface area contributed by atoms with Crippen LogP contribution in [0.1, 0.15) is 22.9 Å². The lowest BCUT2D eigenvalue weighted by atomic mass is 9.93. The first-order valence-electron chi connectivity index (χ1n) is 8.60. The largest absolute Gasteiger partial charge is 0.503 e. The summed E-state index contributed by atoms with van der Waals surface area (Å²) < 4.78 is 13.4. The Morgan fingerprint density at radius 3 is 2.33 bits per heavy atom. The number of carbonyl (C=O) groups is 1. The Kier molecular flexibility index (Phi) is 4.42. The monoisotopic (exact) mass is 360 g/mol. The smallest absolute Gasteiger partial charge is 0.290 e. The summed E-state index contributed by atoms with van der Waals surface area (Å²) in [6.07, 6.45) is 1.66. The van der Waals surface area contributed by atoms with Crippen molar-refractivity contribution in [3.05, 3.63) is 107 Å². The molecule has 1 aliphatic heterocycles. The summed E-state index contributed by atoms with van der Waals surface area (Å²) >= 11 is 0. The molecule has 0 saturated heterocycles. The molecule has 0 fully saturated rings. The lowest BCUT2D eigenvalue weighted by Gasteiger charge is -2.27.